The number of ether oxygens (including phenoxy) is 1. The van der Waals surface area contributed by atoms with Gasteiger partial charge in [-0.2, -0.15) is 0 Å². The van der Waals surface area contributed by atoms with Gasteiger partial charge in [-0.3, -0.25) is 0 Å². The summed E-state index contributed by atoms with van der Waals surface area (Å²) in [5, 5.41) is 13.0. The third-order valence-electron chi connectivity index (χ3n) is 3.14. The van der Waals surface area contributed by atoms with Gasteiger partial charge in [-0.25, -0.2) is 0 Å². The number of nitrogens with one attached hydrogen (secondary N) is 1. The fraction of sp³-hybridized carbons (Fsp3) is 0.538. The normalized spacial score (nSPS) is 20.7. The summed E-state index contributed by atoms with van der Waals surface area (Å²) >= 11 is 0. The van der Waals surface area contributed by atoms with Crippen LogP contribution in [-0.4, -0.2) is 24.8 Å². The molecule has 3 nitrogen and oxygen atoms in total. The quantitative estimate of drug-likeness (QED) is 0.821. The van der Waals surface area contributed by atoms with Gasteiger partial charge in [0.05, 0.1) is 7.11 Å². The van der Waals surface area contributed by atoms with E-state index in [2.05, 4.69) is 5.32 Å². The van der Waals surface area contributed by atoms with Crippen molar-refractivity contribution in [3.8, 4) is 11.5 Å². The van der Waals surface area contributed by atoms with Crippen LogP contribution in [0.5, 0.6) is 11.5 Å². The monoisotopic (exact) mass is 221 g/mol. The smallest absolute Gasteiger partial charge is 0.122 e. The van der Waals surface area contributed by atoms with Gasteiger partial charge < -0.3 is 15.2 Å². The summed E-state index contributed by atoms with van der Waals surface area (Å²) in [6.45, 7) is 1.10. The largest absolute Gasteiger partial charge is 0.508 e. The Morgan fingerprint density at radius 2 is 2.31 bits per heavy atom. The van der Waals surface area contributed by atoms with Gasteiger partial charge in [0.2, 0.25) is 0 Å². The maximum Gasteiger partial charge on any atom is 0.122 e. The van der Waals surface area contributed by atoms with Crippen molar-refractivity contribution >= 4 is 0 Å². The molecule has 1 saturated heterocycles. The second kappa shape index (κ2) is 5.21. The van der Waals surface area contributed by atoms with E-state index in [1.165, 1.54) is 19.3 Å². The fourth-order valence-electron chi connectivity index (χ4n) is 2.29. The Labute approximate surface area is 96.4 Å². The Morgan fingerprint density at radius 1 is 1.44 bits per heavy atom. The Hall–Kier alpha value is -1.22. The van der Waals surface area contributed by atoms with Crippen LogP contribution in [0.2, 0.25) is 0 Å². The van der Waals surface area contributed by atoms with E-state index in [-0.39, 0.29) is 0 Å². The molecule has 2 N–H and O–H groups in total. The predicted octanol–water partition coefficient (Wildman–Crippen LogP) is 2.09. The van der Waals surface area contributed by atoms with Crippen molar-refractivity contribution in [3.63, 3.8) is 0 Å². The molecular formula is C13H19NO2. The molecule has 1 fully saturated rings. The number of benzene rings is 1. The molecule has 2 rings (SSSR count). The third kappa shape index (κ3) is 2.67. The van der Waals surface area contributed by atoms with Crippen LogP contribution in [-0.2, 0) is 6.42 Å². The van der Waals surface area contributed by atoms with Gasteiger partial charge in [0.15, 0.2) is 0 Å². The zero-order chi connectivity index (χ0) is 11.4. The van der Waals surface area contributed by atoms with Crippen LogP contribution < -0.4 is 10.1 Å². The summed E-state index contributed by atoms with van der Waals surface area (Å²) in [6.07, 6.45) is 4.70. The zero-order valence-corrected chi connectivity index (χ0v) is 9.70. The molecule has 0 aromatic heterocycles. The molecule has 0 aliphatic carbocycles. The number of hydrogen-bond donors (Lipinski definition) is 2. The molecule has 1 heterocycles. The second-order valence-corrected chi connectivity index (χ2v) is 4.35. The molecule has 3 heteroatoms. The van der Waals surface area contributed by atoms with E-state index in [1.54, 1.807) is 19.2 Å². The molecule has 16 heavy (non-hydrogen) atoms. The number of aromatic hydroxyl groups is 1. The first-order chi connectivity index (χ1) is 7.79. The molecule has 1 aromatic carbocycles. The maximum atomic E-state index is 9.49. The van der Waals surface area contributed by atoms with Crippen molar-refractivity contribution in [1.82, 2.24) is 5.32 Å². The minimum atomic E-state index is 0.312. The number of methoxy groups -OCH3 is 1. The SMILES string of the molecule is COc1ccc(O)cc1CC1CCCCN1. The molecule has 1 aliphatic rings. The zero-order valence-electron chi connectivity index (χ0n) is 9.70. The molecule has 0 amide bonds. The third-order valence-corrected chi connectivity index (χ3v) is 3.14. The van der Waals surface area contributed by atoms with E-state index in [1.807, 2.05) is 6.07 Å². The lowest BCUT2D eigenvalue weighted by molar-refractivity contribution is 0.380. The van der Waals surface area contributed by atoms with E-state index >= 15 is 0 Å². The fourth-order valence-corrected chi connectivity index (χ4v) is 2.29. The highest BCUT2D eigenvalue weighted by atomic mass is 16.5. The Bertz CT molecular complexity index is 346. The van der Waals surface area contributed by atoms with Crippen molar-refractivity contribution in [2.24, 2.45) is 0 Å². The average molecular weight is 221 g/mol. The standard InChI is InChI=1S/C13H19NO2/c1-16-13-6-5-12(15)9-10(13)8-11-4-2-3-7-14-11/h5-6,9,11,14-15H,2-4,7-8H2,1H3. The van der Waals surface area contributed by atoms with E-state index in [9.17, 15) is 5.11 Å². The lowest BCUT2D eigenvalue weighted by atomic mass is 9.97. The van der Waals surface area contributed by atoms with Crippen LogP contribution in [0.4, 0.5) is 0 Å². The van der Waals surface area contributed by atoms with Gasteiger partial charge in [-0.15, -0.1) is 0 Å². The topological polar surface area (TPSA) is 41.5 Å². The molecule has 1 aliphatic heterocycles. The number of rotatable bonds is 3. The minimum absolute atomic E-state index is 0.312. The highest BCUT2D eigenvalue weighted by Crippen LogP contribution is 2.25. The second-order valence-electron chi connectivity index (χ2n) is 4.35. The molecule has 1 atom stereocenters. The number of phenols is 1. The highest BCUT2D eigenvalue weighted by Gasteiger charge is 2.15. The van der Waals surface area contributed by atoms with Gasteiger partial charge in [-0.1, -0.05) is 6.42 Å². The Kier molecular flexibility index (Phi) is 3.67. The predicted molar refractivity (Wildman–Crippen MR) is 64.0 cm³/mol. The summed E-state index contributed by atoms with van der Waals surface area (Å²) < 4.78 is 5.30. The van der Waals surface area contributed by atoms with Gasteiger partial charge in [0.25, 0.3) is 0 Å². The molecule has 1 aromatic rings. The highest BCUT2D eigenvalue weighted by molar-refractivity contribution is 5.40. The first-order valence-corrected chi connectivity index (χ1v) is 5.89. The molecule has 0 radical (unpaired) electrons. The van der Waals surface area contributed by atoms with Gasteiger partial charge in [-0.05, 0) is 49.6 Å². The summed E-state index contributed by atoms with van der Waals surface area (Å²) in [6, 6.07) is 5.81. The summed E-state index contributed by atoms with van der Waals surface area (Å²) in [5.41, 5.74) is 1.09. The van der Waals surface area contributed by atoms with Crippen LogP contribution in [0.1, 0.15) is 24.8 Å². The van der Waals surface area contributed by atoms with Gasteiger partial charge >= 0.3 is 0 Å². The molecule has 0 bridgehead atoms. The first-order valence-electron chi connectivity index (χ1n) is 5.89. The minimum Gasteiger partial charge on any atom is -0.508 e. The number of piperidine rings is 1. The average Bonchev–Trinajstić information content (AvgIpc) is 2.31. The lowest BCUT2D eigenvalue weighted by Gasteiger charge is -2.24. The summed E-state index contributed by atoms with van der Waals surface area (Å²) in [4.78, 5) is 0. The Morgan fingerprint density at radius 3 is 3.00 bits per heavy atom. The summed E-state index contributed by atoms with van der Waals surface area (Å²) in [5.74, 6) is 1.18. The van der Waals surface area contributed by atoms with Crippen LogP contribution in [0.3, 0.4) is 0 Å². The molecule has 0 spiro atoms. The van der Waals surface area contributed by atoms with Crippen LogP contribution >= 0.6 is 0 Å². The Balaban J connectivity index is 2.09. The van der Waals surface area contributed by atoms with Crippen molar-refractivity contribution in [2.75, 3.05) is 13.7 Å². The van der Waals surface area contributed by atoms with Crippen molar-refractivity contribution < 1.29 is 9.84 Å². The maximum absolute atomic E-state index is 9.49. The van der Waals surface area contributed by atoms with Gasteiger partial charge in [0, 0.05) is 6.04 Å². The molecule has 0 saturated carbocycles. The van der Waals surface area contributed by atoms with E-state index in [0.29, 0.717) is 11.8 Å². The number of phenolic OH excluding ortho intramolecular Hbond substituents is 1. The van der Waals surface area contributed by atoms with Crippen molar-refractivity contribution in [2.45, 2.75) is 31.7 Å². The molecular weight excluding hydrogens is 202 g/mol. The lowest BCUT2D eigenvalue weighted by Crippen LogP contribution is -2.35. The van der Waals surface area contributed by atoms with Crippen LogP contribution in [0.25, 0.3) is 0 Å². The van der Waals surface area contributed by atoms with E-state index < -0.39 is 0 Å². The molecule has 1 unspecified atom stereocenters. The van der Waals surface area contributed by atoms with E-state index in [4.69, 9.17) is 4.74 Å². The van der Waals surface area contributed by atoms with Gasteiger partial charge in [0.1, 0.15) is 11.5 Å². The molecule has 88 valence electrons. The first kappa shape index (κ1) is 11.3. The van der Waals surface area contributed by atoms with Crippen molar-refractivity contribution in [1.29, 1.82) is 0 Å². The van der Waals surface area contributed by atoms with E-state index in [0.717, 1.165) is 24.3 Å². The number of hydrogen-bond acceptors (Lipinski definition) is 3. The summed E-state index contributed by atoms with van der Waals surface area (Å²) in [7, 11) is 1.67. The van der Waals surface area contributed by atoms with Crippen LogP contribution in [0.15, 0.2) is 18.2 Å². The van der Waals surface area contributed by atoms with Crippen LogP contribution in [0, 0.1) is 0 Å². The van der Waals surface area contributed by atoms with Crippen molar-refractivity contribution in [3.05, 3.63) is 23.8 Å².